The van der Waals surface area contributed by atoms with E-state index in [1.54, 1.807) is 0 Å². The average Bonchev–Trinajstić information content (AvgIpc) is 3.63. The summed E-state index contributed by atoms with van der Waals surface area (Å²) in [5.74, 6) is 2.37. The van der Waals surface area contributed by atoms with E-state index in [9.17, 15) is 4.79 Å². The molecule has 0 atom stereocenters. The van der Waals surface area contributed by atoms with Crippen molar-refractivity contribution in [2.24, 2.45) is 0 Å². The second-order valence-corrected chi connectivity index (χ2v) is 8.84. The van der Waals surface area contributed by atoms with Gasteiger partial charge in [0.05, 0.1) is 6.33 Å². The molecule has 182 valence electrons. The molecular weight excluding hydrogens is 430 g/mol. The molecule has 4 heterocycles. The van der Waals surface area contributed by atoms with E-state index < -0.39 is 0 Å². The fourth-order valence-electron chi connectivity index (χ4n) is 4.24. The van der Waals surface area contributed by atoms with Crippen LogP contribution in [0, 0.1) is 11.8 Å². The number of nitriles is 1. The number of anilines is 3. The van der Waals surface area contributed by atoms with Gasteiger partial charge in [-0.3, -0.25) is 4.79 Å². The largest absolute Gasteiger partial charge is 0.356 e. The highest BCUT2D eigenvalue weighted by Gasteiger charge is 2.18. The summed E-state index contributed by atoms with van der Waals surface area (Å²) in [6.07, 6.45) is 15.3. The van der Waals surface area contributed by atoms with Crippen LogP contribution in [0.15, 0.2) is 30.9 Å². The van der Waals surface area contributed by atoms with E-state index in [-0.39, 0.29) is 0 Å². The van der Waals surface area contributed by atoms with Gasteiger partial charge in [0.2, 0.25) is 12.4 Å². The van der Waals surface area contributed by atoms with E-state index in [4.69, 9.17) is 10.2 Å². The zero-order valence-corrected chi connectivity index (χ0v) is 20.1. The summed E-state index contributed by atoms with van der Waals surface area (Å²) in [6.45, 7) is 9.81. The quantitative estimate of drug-likeness (QED) is 0.527. The number of hydrogen-bond acceptors (Lipinski definition) is 7. The molecular formula is C24H35N9O. The molecule has 10 heteroatoms. The van der Waals surface area contributed by atoms with Gasteiger partial charge >= 0.3 is 0 Å². The third-order valence-electron chi connectivity index (χ3n) is 6.12. The van der Waals surface area contributed by atoms with Gasteiger partial charge in [0.25, 0.3) is 0 Å². The number of imidazole rings is 1. The van der Waals surface area contributed by atoms with Gasteiger partial charge in [-0.1, -0.05) is 19.3 Å². The Labute approximate surface area is 201 Å². The van der Waals surface area contributed by atoms with Gasteiger partial charge in [0.15, 0.2) is 5.82 Å². The average molecular weight is 466 g/mol. The number of fused-ring (bicyclic) bond motifs is 1. The van der Waals surface area contributed by atoms with Crippen molar-refractivity contribution in [1.82, 2.24) is 29.5 Å². The molecule has 3 aromatic heterocycles. The van der Waals surface area contributed by atoms with Gasteiger partial charge in [-0.25, -0.2) is 14.8 Å². The highest BCUT2D eigenvalue weighted by Crippen LogP contribution is 2.24. The molecule has 1 amide bonds. The molecule has 1 saturated heterocycles. The van der Waals surface area contributed by atoms with E-state index in [2.05, 4.69) is 50.6 Å². The fourth-order valence-corrected chi connectivity index (χ4v) is 4.24. The first-order valence-corrected chi connectivity index (χ1v) is 12.0. The van der Waals surface area contributed by atoms with Gasteiger partial charge in [0.1, 0.15) is 11.3 Å². The standard InChI is InChI=1S/C16H21N7.C7H13NO.CHN/c1-12(2)22-10-14(17-11-22)18-15-13-6-5-9-23(13)20-16(19-15)21-7-3-4-8-21;9-6-8-7-4-2-1-3-5-7;1-2/h5-6,9-12H,3-4,7-8H2,1-2H3,(H,18,19,20);6-7H,1-5H2,(H,8,9);1H. The van der Waals surface area contributed by atoms with Crippen LogP contribution in [0.4, 0.5) is 17.6 Å². The molecule has 1 aliphatic carbocycles. The molecule has 34 heavy (non-hydrogen) atoms. The van der Waals surface area contributed by atoms with Crippen molar-refractivity contribution in [3.8, 4) is 6.57 Å². The van der Waals surface area contributed by atoms with Gasteiger partial charge in [0, 0.05) is 44.1 Å². The van der Waals surface area contributed by atoms with Crippen molar-refractivity contribution >= 4 is 29.5 Å². The van der Waals surface area contributed by atoms with Crippen molar-refractivity contribution in [3.63, 3.8) is 0 Å². The second-order valence-electron chi connectivity index (χ2n) is 8.84. The normalized spacial score (nSPS) is 15.9. The molecule has 10 nitrogen and oxygen atoms in total. The minimum Gasteiger partial charge on any atom is -0.356 e. The number of carbonyl (C=O) groups is 1. The lowest BCUT2D eigenvalue weighted by Gasteiger charge is -2.19. The zero-order chi connectivity index (χ0) is 24.3. The predicted octanol–water partition coefficient (Wildman–Crippen LogP) is 4.06. The molecule has 2 fully saturated rings. The third kappa shape index (κ3) is 6.47. The minimum absolute atomic E-state index is 0.386. The maximum absolute atomic E-state index is 9.96. The molecule has 1 saturated carbocycles. The Morgan fingerprint density at radius 2 is 1.88 bits per heavy atom. The minimum atomic E-state index is 0.386. The van der Waals surface area contributed by atoms with Crippen LogP contribution in [0.2, 0.25) is 0 Å². The Morgan fingerprint density at radius 3 is 2.53 bits per heavy atom. The Hall–Kier alpha value is -3.61. The molecule has 2 N–H and O–H groups in total. The summed E-state index contributed by atoms with van der Waals surface area (Å²) >= 11 is 0. The highest BCUT2D eigenvalue weighted by molar-refractivity contribution is 5.72. The lowest BCUT2D eigenvalue weighted by molar-refractivity contribution is -0.110. The van der Waals surface area contributed by atoms with Gasteiger partial charge in [-0.2, -0.15) is 4.98 Å². The molecule has 0 bridgehead atoms. The summed E-state index contributed by atoms with van der Waals surface area (Å²) in [6, 6.07) is 4.86. The van der Waals surface area contributed by atoms with Gasteiger partial charge in [-0.15, -0.1) is 5.10 Å². The molecule has 1 aliphatic heterocycles. The number of amides is 1. The van der Waals surface area contributed by atoms with Crippen molar-refractivity contribution in [3.05, 3.63) is 30.9 Å². The number of carbonyl (C=O) groups excluding carboxylic acids is 1. The Kier molecular flexibility index (Phi) is 9.26. The lowest BCUT2D eigenvalue weighted by atomic mass is 9.96. The van der Waals surface area contributed by atoms with Crippen LogP contribution in [0.25, 0.3) is 5.52 Å². The number of nitrogens with one attached hydrogen (secondary N) is 2. The maximum Gasteiger partial charge on any atom is 0.245 e. The summed E-state index contributed by atoms with van der Waals surface area (Å²) in [5, 5.41) is 17.3. The van der Waals surface area contributed by atoms with E-state index >= 15 is 0 Å². The summed E-state index contributed by atoms with van der Waals surface area (Å²) < 4.78 is 3.95. The highest BCUT2D eigenvalue weighted by atomic mass is 16.1. The van der Waals surface area contributed by atoms with Crippen LogP contribution >= 0.6 is 0 Å². The Balaban J connectivity index is 0.000000248. The number of rotatable bonds is 6. The summed E-state index contributed by atoms with van der Waals surface area (Å²) in [4.78, 5) is 21.4. The fraction of sp³-hybridized carbons (Fsp3) is 0.542. The van der Waals surface area contributed by atoms with Crippen LogP contribution in [-0.4, -0.2) is 49.7 Å². The van der Waals surface area contributed by atoms with E-state index in [0.717, 1.165) is 42.6 Å². The summed E-state index contributed by atoms with van der Waals surface area (Å²) in [7, 11) is 0. The Bertz CT molecular complexity index is 1040. The lowest BCUT2D eigenvalue weighted by Crippen LogP contribution is -2.29. The first kappa shape index (κ1) is 25.0. The SMILES string of the molecule is C#N.CC(C)n1cnc(Nc2nc(N3CCCC3)nn3cccc23)c1.O=CNC1CCCCC1. The zero-order valence-electron chi connectivity index (χ0n) is 20.1. The molecule has 0 aromatic carbocycles. The Morgan fingerprint density at radius 1 is 1.15 bits per heavy atom. The molecule has 2 aliphatic rings. The van der Waals surface area contributed by atoms with Gasteiger partial charge in [-0.05, 0) is 51.7 Å². The van der Waals surface area contributed by atoms with Crippen LogP contribution in [0.1, 0.15) is 64.8 Å². The monoisotopic (exact) mass is 465 g/mol. The van der Waals surface area contributed by atoms with Crippen molar-refractivity contribution in [2.75, 3.05) is 23.3 Å². The smallest absolute Gasteiger partial charge is 0.245 e. The van der Waals surface area contributed by atoms with E-state index in [1.807, 2.05) is 35.4 Å². The first-order chi connectivity index (χ1) is 16.6. The van der Waals surface area contributed by atoms with E-state index in [1.165, 1.54) is 44.9 Å². The molecule has 0 spiro atoms. The number of hydrogen-bond donors (Lipinski definition) is 2. The molecule has 0 radical (unpaired) electrons. The second kappa shape index (κ2) is 12.6. The number of aromatic nitrogens is 5. The maximum atomic E-state index is 9.96. The topological polar surface area (TPSA) is 116 Å². The van der Waals surface area contributed by atoms with Crippen LogP contribution in [0.5, 0.6) is 0 Å². The molecule has 0 unspecified atom stereocenters. The molecule has 3 aromatic rings. The first-order valence-electron chi connectivity index (χ1n) is 12.0. The number of nitrogens with zero attached hydrogens (tertiary/aromatic N) is 7. The van der Waals surface area contributed by atoms with Crippen molar-refractivity contribution in [2.45, 2.75) is 70.9 Å². The van der Waals surface area contributed by atoms with Crippen LogP contribution in [-0.2, 0) is 4.79 Å². The van der Waals surface area contributed by atoms with E-state index in [0.29, 0.717) is 12.1 Å². The van der Waals surface area contributed by atoms with Crippen molar-refractivity contribution < 1.29 is 4.79 Å². The van der Waals surface area contributed by atoms with Crippen LogP contribution in [0.3, 0.4) is 0 Å². The van der Waals surface area contributed by atoms with Crippen molar-refractivity contribution in [1.29, 1.82) is 5.26 Å². The third-order valence-corrected chi connectivity index (χ3v) is 6.12. The van der Waals surface area contributed by atoms with Gasteiger partial charge < -0.3 is 20.1 Å². The summed E-state index contributed by atoms with van der Waals surface area (Å²) in [5.41, 5.74) is 0.951. The van der Waals surface area contributed by atoms with Crippen LogP contribution < -0.4 is 15.5 Å². The molecule has 5 rings (SSSR count). The predicted molar refractivity (Wildman–Crippen MR) is 133 cm³/mol.